The SMILES string of the molecule is CCOC(=O)CC(c1ccc(C)c(CN(C)S(=O)(=O)c2ccc(OCCOCCOCCOCCNC(=O)OC(C)(C)C)cc2)c1)c1cc(OC)c2c(c1)nnn2C.COc1cc(C(CC(=O)O)c2ccc(C)c(CN(C)S(=O)(=O)c3ccc(OCCOCCOCCOCCN)cc3)c2)cc2nnn(C)c12. The summed E-state index contributed by atoms with van der Waals surface area (Å²) in [6.45, 7) is 17.6. The number of nitrogens with one attached hydrogen (secondary N) is 1. The molecule has 0 radical (unpaired) electrons. The molecule has 0 saturated carbocycles. The summed E-state index contributed by atoms with van der Waals surface area (Å²) in [6, 6.07) is 31.3. The van der Waals surface area contributed by atoms with E-state index in [0.717, 1.165) is 44.5 Å². The standard InChI is InChI=1S/C41H57N5O11S.C34H45N5O9S/c1-9-55-38(47)27-35(31-25-36-39(37(26-31)51-8)46(7)44-43-36)30-11-10-29(2)32(24-30)28-45(6)58(49,50)34-14-12-33(13-15-34)56-23-22-54-21-20-53-19-18-52-17-16-42-40(48)57-41(3,4)5;1-24-5-6-25(30(22-33(40)41)26-20-31-34(32(21-26)44-4)39(3)37-36-31)19-27(24)23-38(2)49(42,43)29-9-7-28(8-10-29)48-18-17-47-16-15-46-14-13-45-12-11-35/h10-15,24-26,35H,9,16-23,27-28H2,1-8H3,(H,42,48);5-10,19-21,30H,11-18,22-23,35H2,1-4H3,(H,40,41). The molecule has 0 aliphatic heterocycles. The van der Waals surface area contributed by atoms with E-state index in [-0.39, 0.29) is 54.9 Å². The molecule has 0 bridgehead atoms. The largest absolute Gasteiger partial charge is 0.494 e. The van der Waals surface area contributed by atoms with Crippen molar-refractivity contribution in [1.29, 1.82) is 0 Å². The van der Waals surface area contributed by atoms with E-state index in [4.69, 9.17) is 62.6 Å². The molecule has 2 aromatic heterocycles. The van der Waals surface area contributed by atoms with Gasteiger partial charge in [-0.2, -0.15) is 8.61 Å². The Bertz CT molecular complexity index is 4380. The van der Waals surface area contributed by atoms with Crippen molar-refractivity contribution in [3.63, 3.8) is 0 Å². The van der Waals surface area contributed by atoms with Crippen LogP contribution >= 0.6 is 0 Å². The van der Waals surface area contributed by atoms with Gasteiger partial charge in [0.1, 0.15) is 63.9 Å². The van der Waals surface area contributed by atoms with Gasteiger partial charge in [0, 0.05) is 66.2 Å². The third kappa shape index (κ3) is 25.9. The summed E-state index contributed by atoms with van der Waals surface area (Å²) in [5.74, 6) is -0.185. The Labute approximate surface area is 625 Å². The van der Waals surface area contributed by atoms with Gasteiger partial charge in [-0.3, -0.25) is 9.59 Å². The molecule has 6 aromatic carbocycles. The van der Waals surface area contributed by atoms with E-state index in [1.807, 2.05) is 68.4 Å². The highest BCUT2D eigenvalue weighted by Crippen LogP contribution is 2.38. The number of carboxylic acids is 1. The van der Waals surface area contributed by atoms with Crippen LogP contribution in [-0.4, -0.2) is 225 Å². The predicted molar refractivity (Wildman–Crippen MR) is 399 cm³/mol. The summed E-state index contributed by atoms with van der Waals surface area (Å²) >= 11 is 0. The minimum Gasteiger partial charge on any atom is -0.494 e. The molecule has 0 aliphatic rings. The van der Waals surface area contributed by atoms with Crippen molar-refractivity contribution in [2.45, 2.75) is 94.7 Å². The molecular weight excluding hydrogens is 1430 g/mol. The lowest BCUT2D eigenvalue weighted by Crippen LogP contribution is -2.34. The van der Waals surface area contributed by atoms with E-state index in [1.165, 1.54) is 54.1 Å². The number of sulfonamides is 2. The van der Waals surface area contributed by atoms with E-state index in [9.17, 15) is 36.3 Å². The van der Waals surface area contributed by atoms with Crippen LogP contribution in [0, 0.1) is 13.8 Å². The number of aromatic nitrogens is 6. The number of carbonyl (C=O) groups is 3. The zero-order valence-electron chi connectivity index (χ0n) is 63.1. The number of benzene rings is 6. The van der Waals surface area contributed by atoms with Gasteiger partial charge in [0.25, 0.3) is 0 Å². The maximum Gasteiger partial charge on any atom is 0.407 e. The Morgan fingerprint density at radius 3 is 1.32 bits per heavy atom. The Morgan fingerprint density at radius 1 is 0.542 bits per heavy atom. The quantitative estimate of drug-likeness (QED) is 0.0239. The van der Waals surface area contributed by atoms with Crippen LogP contribution in [0.5, 0.6) is 23.0 Å². The zero-order valence-corrected chi connectivity index (χ0v) is 64.7. The summed E-state index contributed by atoms with van der Waals surface area (Å²) in [5.41, 5.74) is 13.8. The Kier molecular flexibility index (Phi) is 33.5. The first kappa shape index (κ1) is 85.3. The molecule has 8 aromatic rings. The second kappa shape index (κ2) is 42.0. The van der Waals surface area contributed by atoms with Gasteiger partial charge >= 0.3 is 18.0 Å². The molecule has 2 heterocycles. The number of amides is 1. The van der Waals surface area contributed by atoms with Crippen LogP contribution in [-0.2, 0) is 94.7 Å². The molecule has 2 unspecified atom stereocenters. The molecule has 32 heteroatoms. The summed E-state index contributed by atoms with van der Waals surface area (Å²) in [5, 5.41) is 29.1. The van der Waals surface area contributed by atoms with Gasteiger partial charge in [-0.1, -0.05) is 46.8 Å². The number of hydrogen-bond donors (Lipinski definition) is 3. The van der Waals surface area contributed by atoms with Gasteiger partial charge in [0.2, 0.25) is 20.0 Å². The summed E-state index contributed by atoms with van der Waals surface area (Å²) in [6.07, 6.45) is -0.610. The second-order valence-corrected chi connectivity index (χ2v) is 29.8. The van der Waals surface area contributed by atoms with Gasteiger partial charge < -0.3 is 73.0 Å². The molecule has 0 saturated heterocycles. The lowest BCUT2D eigenvalue weighted by Gasteiger charge is -2.22. The summed E-state index contributed by atoms with van der Waals surface area (Å²) in [7, 11) is 1.98. The third-order valence-electron chi connectivity index (χ3n) is 16.7. The van der Waals surface area contributed by atoms with E-state index < -0.39 is 49.5 Å². The Morgan fingerprint density at radius 2 is 0.935 bits per heavy atom. The maximum absolute atomic E-state index is 13.7. The Balaban J connectivity index is 0.000000302. The van der Waals surface area contributed by atoms with Gasteiger partial charge in [0.05, 0.1) is 123 Å². The minimum absolute atomic E-state index is 0.0600. The first-order valence-electron chi connectivity index (χ1n) is 35.0. The Hall–Kier alpha value is -8.93. The number of methoxy groups -OCH3 is 2. The predicted octanol–water partition coefficient (Wildman–Crippen LogP) is 8.24. The second-order valence-electron chi connectivity index (χ2n) is 25.7. The van der Waals surface area contributed by atoms with Crippen molar-refractivity contribution in [1.82, 2.24) is 43.9 Å². The van der Waals surface area contributed by atoms with Crippen LogP contribution in [0.15, 0.2) is 119 Å². The zero-order chi connectivity index (χ0) is 77.7. The lowest BCUT2D eigenvalue weighted by molar-refractivity contribution is -0.143. The number of ether oxygens (including phenoxy) is 12. The molecule has 30 nitrogen and oxygen atoms in total. The molecule has 0 fully saturated rings. The maximum atomic E-state index is 13.7. The van der Waals surface area contributed by atoms with Crippen molar-refractivity contribution in [2.75, 3.05) is 141 Å². The first-order chi connectivity index (χ1) is 51.2. The number of alkyl carbamates (subject to hydrolysis) is 1. The average molecular weight is 1530 g/mol. The highest BCUT2D eigenvalue weighted by Gasteiger charge is 2.29. The van der Waals surface area contributed by atoms with Gasteiger partial charge in [-0.15, -0.1) is 10.2 Å². The molecule has 4 N–H and O–H groups in total. The monoisotopic (exact) mass is 1530 g/mol. The number of rotatable bonds is 44. The number of fused-ring (bicyclic) bond motifs is 2. The van der Waals surface area contributed by atoms with Crippen molar-refractivity contribution in [3.05, 3.63) is 154 Å². The normalized spacial score (nSPS) is 12.4. The highest BCUT2D eigenvalue weighted by molar-refractivity contribution is 7.89. The first-order valence-corrected chi connectivity index (χ1v) is 37.9. The van der Waals surface area contributed by atoms with Crippen LogP contribution in [0.4, 0.5) is 4.79 Å². The molecule has 107 heavy (non-hydrogen) atoms. The van der Waals surface area contributed by atoms with Crippen LogP contribution in [0.3, 0.4) is 0 Å². The molecule has 0 spiro atoms. The fraction of sp³-hybridized carbons (Fsp3) is 0.480. The number of esters is 1. The molecular formula is C75H102N10O20S2. The van der Waals surface area contributed by atoms with Gasteiger partial charge in [0.15, 0.2) is 0 Å². The van der Waals surface area contributed by atoms with E-state index >= 15 is 0 Å². The molecule has 584 valence electrons. The van der Waals surface area contributed by atoms with E-state index in [2.05, 4.69) is 25.9 Å². The van der Waals surface area contributed by atoms with Crippen LogP contribution in [0.2, 0.25) is 0 Å². The summed E-state index contributed by atoms with van der Waals surface area (Å²) in [4.78, 5) is 36.7. The van der Waals surface area contributed by atoms with Gasteiger partial charge in [-0.05, 0) is 159 Å². The summed E-state index contributed by atoms with van der Waals surface area (Å²) < 4.78 is 126. The van der Waals surface area contributed by atoms with Crippen LogP contribution in [0.25, 0.3) is 22.1 Å². The topological polar surface area (TPSA) is 356 Å². The molecule has 1 amide bonds. The fourth-order valence-electron chi connectivity index (χ4n) is 11.2. The number of carboxylic acid groups (broad SMARTS) is 1. The number of aliphatic carboxylic acids is 1. The molecule has 0 aliphatic carbocycles. The smallest absolute Gasteiger partial charge is 0.407 e. The molecule has 2 atom stereocenters. The van der Waals surface area contributed by atoms with Gasteiger partial charge in [-0.25, -0.2) is 31.0 Å². The average Bonchev–Trinajstić information content (AvgIpc) is 1.71. The molecule has 8 rings (SSSR count). The minimum atomic E-state index is -3.87. The van der Waals surface area contributed by atoms with Crippen molar-refractivity contribution >= 4 is 60.1 Å². The van der Waals surface area contributed by atoms with Crippen LogP contribution < -0.4 is 30.0 Å². The van der Waals surface area contributed by atoms with E-state index in [0.29, 0.717) is 144 Å². The third-order valence-corrected chi connectivity index (χ3v) is 20.4. The number of nitrogens with two attached hydrogens (primary N) is 1. The van der Waals surface area contributed by atoms with Crippen LogP contribution in [0.1, 0.15) is 96.9 Å². The van der Waals surface area contributed by atoms with E-state index in [1.54, 1.807) is 88.6 Å². The highest BCUT2D eigenvalue weighted by atomic mass is 32.2. The lowest BCUT2D eigenvalue weighted by atomic mass is 9.86. The van der Waals surface area contributed by atoms with Crippen molar-refractivity contribution in [2.24, 2.45) is 19.8 Å². The van der Waals surface area contributed by atoms with Crippen molar-refractivity contribution in [3.8, 4) is 23.0 Å². The fourth-order valence-corrected chi connectivity index (χ4v) is 13.5. The number of hydrogen-bond acceptors (Lipinski definition) is 24. The number of nitrogens with zero attached hydrogens (tertiary/aromatic N) is 8. The van der Waals surface area contributed by atoms with Crippen molar-refractivity contribution < 1.29 is 93.2 Å². The number of carbonyl (C=O) groups excluding carboxylic acids is 2. The number of aryl methyl sites for hydroxylation is 4.